The quantitative estimate of drug-likeness (QED) is 0.710. The van der Waals surface area contributed by atoms with Gasteiger partial charge in [0.2, 0.25) is 5.91 Å². The summed E-state index contributed by atoms with van der Waals surface area (Å²) in [5.41, 5.74) is 6.02. The average Bonchev–Trinajstić information content (AvgIpc) is 3.00. The van der Waals surface area contributed by atoms with Crippen LogP contribution < -0.4 is 5.32 Å². The molecule has 0 spiro atoms. The van der Waals surface area contributed by atoms with Crippen molar-refractivity contribution in [1.82, 2.24) is 20.4 Å². The lowest BCUT2D eigenvalue weighted by atomic mass is 10.0. The van der Waals surface area contributed by atoms with E-state index in [2.05, 4.69) is 65.5 Å². The van der Waals surface area contributed by atoms with Crippen LogP contribution in [0.5, 0.6) is 0 Å². The van der Waals surface area contributed by atoms with E-state index in [9.17, 15) is 4.79 Å². The highest BCUT2D eigenvalue weighted by molar-refractivity contribution is 5.76. The van der Waals surface area contributed by atoms with Crippen molar-refractivity contribution in [2.24, 2.45) is 5.92 Å². The van der Waals surface area contributed by atoms with Gasteiger partial charge in [-0.25, -0.2) is 0 Å². The smallest absolute Gasteiger partial charge is 0.220 e. The first kappa shape index (κ1) is 21.6. The van der Waals surface area contributed by atoms with Crippen LogP contribution in [0.4, 0.5) is 0 Å². The third kappa shape index (κ3) is 6.43. The average molecular weight is 397 g/mol. The number of carbonyl (C=O) groups is 1. The minimum Gasteiger partial charge on any atom is -0.352 e. The number of benzene rings is 1. The molecule has 1 aromatic carbocycles. The lowest BCUT2D eigenvalue weighted by Gasteiger charge is -2.33. The number of carbonyl (C=O) groups excluding carboxylic acids is 1. The SMILES string of the molecule is Cc1[nH]nc(CCC(=O)N[C@H]2CCCN(Cc3ccc(CC(C)C)cc3)C2)c1C. The van der Waals surface area contributed by atoms with Crippen molar-refractivity contribution >= 4 is 5.91 Å². The van der Waals surface area contributed by atoms with Crippen molar-refractivity contribution in [3.8, 4) is 0 Å². The molecule has 158 valence electrons. The second-order valence-electron chi connectivity index (χ2n) is 8.98. The van der Waals surface area contributed by atoms with E-state index in [1.807, 2.05) is 6.92 Å². The van der Waals surface area contributed by atoms with Crippen LogP contribution in [0.15, 0.2) is 24.3 Å². The van der Waals surface area contributed by atoms with Crippen molar-refractivity contribution in [2.75, 3.05) is 13.1 Å². The molecule has 2 heterocycles. The van der Waals surface area contributed by atoms with Gasteiger partial charge in [0, 0.05) is 37.7 Å². The molecule has 1 amide bonds. The largest absolute Gasteiger partial charge is 0.352 e. The van der Waals surface area contributed by atoms with Gasteiger partial charge >= 0.3 is 0 Å². The topological polar surface area (TPSA) is 61.0 Å². The Bertz CT molecular complexity index is 794. The molecule has 1 saturated heterocycles. The number of likely N-dealkylation sites (tertiary alicyclic amines) is 1. The molecule has 2 aromatic rings. The van der Waals surface area contributed by atoms with Crippen molar-refractivity contribution < 1.29 is 4.79 Å². The van der Waals surface area contributed by atoms with Gasteiger partial charge in [0.15, 0.2) is 0 Å². The molecule has 0 saturated carbocycles. The maximum absolute atomic E-state index is 12.4. The monoisotopic (exact) mass is 396 g/mol. The molecule has 1 aliphatic rings. The highest BCUT2D eigenvalue weighted by atomic mass is 16.1. The summed E-state index contributed by atoms with van der Waals surface area (Å²) in [6.45, 7) is 11.6. The number of hydrogen-bond donors (Lipinski definition) is 2. The number of hydrogen-bond acceptors (Lipinski definition) is 3. The van der Waals surface area contributed by atoms with E-state index in [1.165, 1.54) is 16.7 Å². The molecule has 2 N–H and O–H groups in total. The Morgan fingerprint density at radius 1 is 1.24 bits per heavy atom. The van der Waals surface area contributed by atoms with Crippen LogP contribution in [0, 0.1) is 19.8 Å². The van der Waals surface area contributed by atoms with Crippen molar-refractivity contribution in [2.45, 2.75) is 72.4 Å². The Morgan fingerprint density at radius 2 is 1.97 bits per heavy atom. The zero-order valence-corrected chi connectivity index (χ0v) is 18.4. The Hall–Kier alpha value is -2.14. The zero-order chi connectivity index (χ0) is 20.8. The molecule has 0 unspecified atom stereocenters. The first-order valence-corrected chi connectivity index (χ1v) is 11.0. The third-order valence-corrected chi connectivity index (χ3v) is 5.89. The fourth-order valence-electron chi connectivity index (χ4n) is 4.14. The molecule has 3 rings (SSSR count). The summed E-state index contributed by atoms with van der Waals surface area (Å²) in [5, 5.41) is 10.5. The summed E-state index contributed by atoms with van der Waals surface area (Å²) in [6.07, 6.45) is 4.53. The Kier molecular flexibility index (Phi) is 7.48. The van der Waals surface area contributed by atoms with Crippen LogP contribution in [-0.2, 0) is 24.2 Å². The minimum atomic E-state index is 0.134. The number of piperidine rings is 1. The summed E-state index contributed by atoms with van der Waals surface area (Å²) >= 11 is 0. The molecule has 1 aromatic heterocycles. The standard InChI is InChI=1S/C24H36N4O/c1-17(2)14-20-7-9-21(10-8-20)15-28-13-5-6-22(16-28)25-24(29)12-11-23-18(3)19(4)26-27-23/h7-10,17,22H,5-6,11-16H2,1-4H3,(H,25,29)(H,26,27)/t22-/m0/s1. The van der Waals surface area contributed by atoms with Crippen LogP contribution in [0.1, 0.15) is 61.2 Å². The number of H-pyrrole nitrogens is 1. The summed E-state index contributed by atoms with van der Waals surface area (Å²) in [5.74, 6) is 0.822. The molecule has 0 aliphatic carbocycles. The van der Waals surface area contributed by atoms with Gasteiger partial charge in [-0.2, -0.15) is 5.10 Å². The predicted octanol–water partition coefficient (Wildman–Crippen LogP) is 3.94. The number of nitrogens with one attached hydrogen (secondary N) is 2. The van der Waals surface area contributed by atoms with E-state index < -0.39 is 0 Å². The highest BCUT2D eigenvalue weighted by Crippen LogP contribution is 2.16. The van der Waals surface area contributed by atoms with Crippen molar-refractivity contribution in [3.05, 3.63) is 52.3 Å². The molecule has 5 heteroatoms. The normalized spacial score (nSPS) is 17.6. The van der Waals surface area contributed by atoms with E-state index in [0.29, 0.717) is 18.8 Å². The lowest BCUT2D eigenvalue weighted by molar-refractivity contribution is -0.122. The maximum atomic E-state index is 12.4. The van der Waals surface area contributed by atoms with Gasteiger partial charge in [0.05, 0.1) is 5.69 Å². The van der Waals surface area contributed by atoms with Crippen LogP contribution >= 0.6 is 0 Å². The Morgan fingerprint density at radius 3 is 2.62 bits per heavy atom. The zero-order valence-electron chi connectivity index (χ0n) is 18.4. The fraction of sp³-hybridized carbons (Fsp3) is 0.583. The molecular formula is C24H36N4O. The predicted molar refractivity (Wildman–Crippen MR) is 118 cm³/mol. The summed E-state index contributed by atoms with van der Waals surface area (Å²) < 4.78 is 0. The van der Waals surface area contributed by atoms with E-state index in [4.69, 9.17) is 0 Å². The Balaban J connectivity index is 1.45. The van der Waals surface area contributed by atoms with Crippen molar-refractivity contribution in [3.63, 3.8) is 0 Å². The first-order valence-electron chi connectivity index (χ1n) is 11.0. The number of amides is 1. The van der Waals surface area contributed by atoms with Crippen LogP contribution in [0.3, 0.4) is 0 Å². The van der Waals surface area contributed by atoms with Crippen LogP contribution in [0.2, 0.25) is 0 Å². The summed E-state index contributed by atoms with van der Waals surface area (Å²) in [6, 6.07) is 9.29. The molecule has 5 nitrogen and oxygen atoms in total. The van der Waals surface area contributed by atoms with Gasteiger partial charge < -0.3 is 5.32 Å². The van der Waals surface area contributed by atoms with Gasteiger partial charge in [-0.15, -0.1) is 0 Å². The van der Waals surface area contributed by atoms with Crippen LogP contribution in [0.25, 0.3) is 0 Å². The lowest BCUT2D eigenvalue weighted by Crippen LogP contribution is -2.47. The van der Waals surface area contributed by atoms with Gasteiger partial charge in [-0.1, -0.05) is 38.1 Å². The van der Waals surface area contributed by atoms with Gasteiger partial charge in [-0.05, 0) is 62.3 Å². The fourth-order valence-corrected chi connectivity index (χ4v) is 4.14. The number of rotatable bonds is 8. The molecule has 1 atom stereocenters. The number of aromatic nitrogens is 2. The van der Waals surface area contributed by atoms with E-state index in [0.717, 1.165) is 50.3 Å². The highest BCUT2D eigenvalue weighted by Gasteiger charge is 2.21. The molecule has 0 radical (unpaired) electrons. The van der Waals surface area contributed by atoms with E-state index in [-0.39, 0.29) is 11.9 Å². The second-order valence-corrected chi connectivity index (χ2v) is 8.98. The number of aromatic amines is 1. The van der Waals surface area contributed by atoms with Gasteiger partial charge in [0.1, 0.15) is 0 Å². The maximum Gasteiger partial charge on any atom is 0.220 e. The van der Waals surface area contributed by atoms with E-state index >= 15 is 0 Å². The van der Waals surface area contributed by atoms with Gasteiger partial charge in [0.25, 0.3) is 0 Å². The molecular weight excluding hydrogens is 360 g/mol. The second kappa shape index (κ2) is 10.1. The van der Waals surface area contributed by atoms with Crippen LogP contribution in [-0.4, -0.2) is 40.1 Å². The molecule has 1 fully saturated rings. The number of nitrogens with zero attached hydrogens (tertiary/aromatic N) is 2. The molecule has 0 bridgehead atoms. The summed E-state index contributed by atoms with van der Waals surface area (Å²) in [4.78, 5) is 14.9. The van der Waals surface area contributed by atoms with E-state index in [1.54, 1.807) is 0 Å². The first-order chi connectivity index (χ1) is 13.9. The molecule has 1 aliphatic heterocycles. The Labute approximate surface area is 175 Å². The van der Waals surface area contributed by atoms with Crippen molar-refractivity contribution in [1.29, 1.82) is 0 Å². The van der Waals surface area contributed by atoms with Gasteiger partial charge in [-0.3, -0.25) is 14.8 Å². The minimum absolute atomic E-state index is 0.134. The summed E-state index contributed by atoms with van der Waals surface area (Å²) in [7, 11) is 0. The molecule has 29 heavy (non-hydrogen) atoms. The number of aryl methyl sites for hydroxylation is 2. The third-order valence-electron chi connectivity index (χ3n) is 5.89.